The first kappa shape index (κ1) is 27.7. The van der Waals surface area contributed by atoms with Gasteiger partial charge >= 0.3 is 0 Å². The molecule has 1 aromatic rings. The molecule has 0 saturated carbocycles. The summed E-state index contributed by atoms with van der Waals surface area (Å²) in [5.41, 5.74) is 3.81. The van der Waals surface area contributed by atoms with Crippen LogP contribution >= 0.6 is 11.8 Å². The van der Waals surface area contributed by atoms with Crippen LogP contribution in [0, 0.1) is 18.3 Å². The number of ketones is 1. The summed E-state index contributed by atoms with van der Waals surface area (Å²) in [5, 5.41) is 0. The summed E-state index contributed by atoms with van der Waals surface area (Å²) < 4.78 is 0. The van der Waals surface area contributed by atoms with Crippen LogP contribution in [0.5, 0.6) is 0 Å². The van der Waals surface area contributed by atoms with Gasteiger partial charge in [-0.3, -0.25) is 9.59 Å². The molecule has 0 radical (unpaired) electrons. The third kappa shape index (κ3) is 7.98. The topological polar surface area (TPSA) is 37.4 Å². The van der Waals surface area contributed by atoms with Gasteiger partial charge in [0, 0.05) is 23.9 Å². The molecule has 4 heteroatoms. The summed E-state index contributed by atoms with van der Waals surface area (Å²) >= 11 is 1.50. The minimum Gasteiger partial charge on any atom is -0.315 e. The van der Waals surface area contributed by atoms with Crippen LogP contribution in [0.4, 0.5) is 0 Å². The molecule has 0 bridgehead atoms. The molecule has 0 heterocycles. The van der Waals surface area contributed by atoms with Crippen molar-refractivity contribution in [2.24, 2.45) is 11.3 Å². The highest BCUT2D eigenvalue weighted by Gasteiger charge is 2.35. The SMILES string of the molecule is C=C/C=C(\C=C)CC(C(=O)N(CC)/C(C)=C(\SCc1ccc(C)cc1)C(C)=O)C(C)(C)C. The fourth-order valence-corrected chi connectivity index (χ4v) is 4.57. The molecule has 3 nitrogen and oxygen atoms in total. The third-order valence-corrected chi connectivity index (χ3v) is 6.87. The molecule has 0 aliphatic rings. The highest BCUT2D eigenvalue weighted by molar-refractivity contribution is 8.03. The van der Waals surface area contributed by atoms with E-state index >= 15 is 0 Å². The normalized spacial score (nSPS) is 13.8. The number of benzene rings is 1. The Kier molecular flexibility index (Phi) is 10.9. The zero-order valence-electron chi connectivity index (χ0n) is 20.8. The molecule has 1 atom stereocenters. The predicted molar refractivity (Wildman–Crippen MR) is 139 cm³/mol. The van der Waals surface area contributed by atoms with Crippen LogP contribution in [0.2, 0.25) is 0 Å². The number of thioether (sulfide) groups is 1. The van der Waals surface area contributed by atoms with Crippen LogP contribution < -0.4 is 0 Å². The van der Waals surface area contributed by atoms with Crippen LogP contribution in [-0.2, 0) is 15.3 Å². The van der Waals surface area contributed by atoms with Crippen LogP contribution in [-0.4, -0.2) is 23.1 Å². The van der Waals surface area contributed by atoms with Crippen molar-refractivity contribution in [3.05, 3.63) is 83.0 Å². The number of rotatable bonds is 11. The van der Waals surface area contributed by atoms with E-state index in [0.29, 0.717) is 23.6 Å². The number of Topliss-reactive ketones (excluding diaryl/α,β-unsaturated/α-hetero) is 1. The van der Waals surface area contributed by atoms with Gasteiger partial charge in [0.1, 0.15) is 0 Å². The number of carbonyl (C=O) groups excluding carboxylic acids is 2. The molecule has 0 spiro atoms. The lowest BCUT2D eigenvalue weighted by Gasteiger charge is -2.35. The minimum atomic E-state index is -0.253. The summed E-state index contributed by atoms with van der Waals surface area (Å²) in [6.07, 6.45) is 5.98. The van der Waals surface area contributed by atoms with Gasteiger partial charge in [0.05, 0.1) is 4.91 Å². The first-order valence-electron chi connectivity index (χ1n) is 11.1. The maximum absolute atomic E-state index is 13.7. The van der Waals surface area contributed by atoms with E-state index in [1.807, 2.05) is 19.9 Å². The van der Waals surface area contributed by atoms with Gasteiger partial charge in [0.15, 0.2) is 5.78 Å². The molecule has 0 aliphatic carbocycles. The summed E-state index contributed by atoms with van der Waals surface area (Å²) in [5.74, 6) is 0.446. The van der Waals surface area contributed by atoms with Gasteiger partial charge < -0.3 is 4.90 Å². The fraction of sp³-hybridized carbons (Fsp3) is 0.429. The standard InChI is InChI=1S/C28H39NO2S/c1-10-13-23(11-2)18-25(28(7,8)9)27(31)29(12-3)21(5)26(22(6)30)32-19-24-16-14-20(4)15-17-24/h10-11,13-17,25H,1-2,12,18-19H2,3-9H3/b23-13+,26-21-. The van der Waals surface area contributed by atoms with E-state index in [2.05, 4.69) is 65.1 Å². The number of nitrogens with zero attached hydrogens (tertiary/aromatic N) is 1. The van der Waals surface area contributed by atoms with Crippen molar-refractivity contribution in [2.45, 2.75) is 60.6 Å². The monoisotopic (exact) mass is 453 g/mol. The molecule has 1 aromatic carbocycles. The van der Waals surface area contributed by atoms with Crippen molar-refractivity contribution in [3.8, 4) is 0 Å². The van der Waals surface area contributed by atoms with Crippen LogP contribution in [0.1, 0.15) is 59.1 Å². The molecular weight excluding hydrogens is 414 g/mol. The van der Waals surface area contributed by atoms with Crippen molar-refractivity contribution in [3.63, 3.8) is 0 Å². The molecule has 0 saturated heterocycles. The Morgan fingerprint density at radius 1 is 1.12 bits per heavy atom. The van der Waals surface area contributed by atoms with Gasteiger partial charge in [0.2, 0.25) is 5.91 Å². The van der Waals surface area contributed by atoms with E-state index in [-0.39, 0.29) is 23.0 Å². The lowest BCUT2D eigenvalue weighted by Crippen LogP contribution is -2.41. The Morgan fingerprint density at radius 3 is 2.16 bits per heavy atom. The molecule has 174 valence electrons. The third-order valence-electron chi connectivity index (χ3n) is 5.52. The molecule has 1 amide bonds. The Morgan fingerprint density at radius 2 is 1.72 bits per heavy atom. The zero-order valence-corrected chi connectivity index (χ0v) is 21.6. The predicted octanol–water partition coefficient (Wildman–Crippen LogP) is 7.25. The first-order valence-corrected chi connectivity index (χ1v) is 12.1. The minimum absolute atomic E-state index is 0.0171. The fourth-order valence-electron chi connectivity index (χ4n) is 3.54. The largest absolute Gasteiger partial charge is 0.315 e. The van der Waals surface area contributed by atoms with E-state index in [4.69, 9.17) is 0 Å². The first-order chi connectivity index (χ1) is 15.0. The van der Waals surface area contributed by atoms with Gasteiger partial charge in [-0.15, -0.1) is 11.8 Å². The Bertz CT molecular complexity index is 885. The zero-order chi connectivity index (χ0) is 24.5. The van der Waals surface area contributed by atoms with Crippen molar-refractivity contribution in [1.82, 2.24) is 4.90 Å². The van der Waals surface area contributed by atoms with E-state index in [9.17, 15) is 9.59 Å². The van der Waals surface area contributed by atoms with Gasteiger partial charge in [-0.1, -0.05) is 82.0 Å². The molecular formula is C28H39NO2S. The molecule has 32 heavy (non-hydrogen) atoms. The van der Waals surface area contributed by atoms with Crippen molar-refractivity contribution >= 4 is 23.5 Å². The quantitative estimate of drug-likeness (QED) is 0.262. The average Bonchev–Trinajstić information content (AvgIpc) is 2.71. The summed E-state index contributed by atoms with van der Waals surface area (Å²) in [6, 6.07) is 8.31. The number of hydrogen-bond donors (Lipinski definition) is 0. The second-order valence-corrected chi connectivity index (χ2v) is 10.1. The highest BCUT2D eigenvalue weighted by atomic mass is 32.2. The molecule has 0 aromatic heterocycles. The summed E-state index contributed by atoms with van der Waals surface area (Å²) in [6.45, 7) is 21.9. The lowest BCUT2D eigenvalue weighted by atomic mass is 9.76. The maximum atomic E-state index is 13.7. The van der Waals surface area contributed by atoms with E-state index in [0.717, 1.165) is 16.8 Å². The second kappa shape index (κ2) is 12.6. The van der Waals surface area contributed by atoms with Gasteiger partial charge in [-0.25, -0.2) is 0 Å². The molecule has 0 N–H and O–H groups in total. The highest BCUT2D eigenvalue weighted by Crippen LogP contribution is 2.35. The van der Waals surface area contributed by atoms with Crippen LogP contribution in [0.3, 0.4) is 0 Å². The van der Waals surface area contributed by atoms with Gasteiger partial charge in [-0.2, -0.15) is 0 Å². The average molecular weight is 454 g/mol. The van der Waals surface area contributed by atoms with Crippen molar-refractivity contribution in [1.29, 1.82) is 0 Å². The van der Waals surface area contributed by atoms with E-state index in [1.54, 1.807) is 24.0 Å². The number of hydrogen-bond acceptors (Lipinski definition) is 3. The number of aryl methyl sites for hydroxylation is 1. The molecule has 1 rings (SSSR count). The van der Waals surface area contributed by atoms with Crippen LogP contribution in [0.15, 0.2) is 71.8 Å². The molecule has 0 fully saturated rings. The van der Waals surface area contributed by atoms with E-state index in [1.165, 1.54) is 17.3 Å². The Balaban J connectivity index is 3.28. The number of amides is 1. The lowest BCUT2D eigenvalue weighted by molar-refractivity contribution is -0.136. The smallest absolute Gasteiger partial charge is 0.230 e. The molecule has 1 unspecified atom stereocenters. The number of allylic oxidation sites excluding steroid dienone is 6. The summed E-state index contributed by atoms with van der Waals surface area (Å²) in [4.78, 5) is 28.7. The van der Waals surface area contributed by atoms with Crippen molar-refractivity contribution in [2.75, 3.05) is 6.54 Å². The Labute approximate surface area is 199 Å². The number of carbonyl (C=O) groups is 2. The second-order valence-electron chi connectivity index (χ2n) is 9.13. The van der Waals surface area contributed by atoms with Gasteiger partial charge in [0.25, 0.3) is 0 Å². The molecule has 0 aliphatic heterocycles. The van der Waals surface area contributed by atoms with Gasteiger partial charge in [-0.05, 0) is 50.7 Å². The maximum Gasteiger partial charge on any atom is 0.230 e. The summed E-state index contributed by atoms with van der Waals surface area (Å²) in [7, 11) is 0. The van der Waals surface area contributed by atoms with E-state index < -0.39 is 0 Å². The van der Waals surface area contributed by atoms with Crippen molar-refractivity contribution < 1.29 is 9.59 Å². The Hall–Kier alpha value is -2.33. The van der Waals surface area contributed by atoms with Crippen LogP contribution in [0.25, 0.3) is 0 Å².